The van der Waals surface area contributed by atoms with Crippen molar-refractivity contribution in [2.75, 3.05) is 13.2 Å². The molecule has 0 radical (unpaired) electrons. The molecule has 1 aliphatic heterocycles. The maximum absolute atomic E-state index is 13.3. The van der Waals surface area contributed by atoms with E-state index in [9.17, 15) is 35.1 Å². The Morgan fingerprint density at radius 1 is 1.00 bits per heavy atom. The molecule has 11 nitrogen and oxygen atoms in total. The number of aliphatic hydroxyl groups excluding tert-OH is 4. The van der Waals surface area contributed by atoms with Crippen molar-refractivity contribution < 1.29 is 54.1 Å². The highest BCUT2D eigenvalue weighted by Gasteiger charge is 2.87. The molecule has 0 spiro atoms. The molecule has 3 fully saturated rings. The number of unbranched alkanes of at least 4 members (excludes halogenated alkanes) is 4. The summed E-state index contributed by atoms with van der Waals surface area (Å²) in [5, 5.41) is 53.7. The van der Waals surface area contributed by atoms with Crippen LogP contribution in [0.25, 0.3) is 0 Å². The van der Waals surface area contributed by atoms with E-state index in [0.29, 0.717) is 12.8 Å². The molecule has 5 N–H and O–H groups in total. The molecule has 2 saturated carbocycles. The van der Waals surface area contributed by atoms with Gasteiger partial charge < -0.3 is 44.5 Å². The Kier molecular flexibility index (Phi) is 10.7. The molecule has 5 rings (SSSR count). The summed E-state index contributed by atoms with van der Waals surface area (Å²) in [6.07, 6.45) is 2.89. The Morgan fingerprint density at radius 2 is 1.70 bits per heavy atom. The van der Waals surface area contributed by atoms with Gasteiger partial charge in [0, 0.05) is 42.4 Å². The molecule has 0 aromatic rings. The lowest BCUT2D eigenvalue weighted by molar-refractivity contribution is -0.299. The Bertz CT molecular complexity index is 1230. The minimum absolute atomic E-state index is 0.01000. The SMILES string of the molecule is CCCCCCCC(=O)O[C@@H]1[C@@H](C)[C@]2(O)C3C=C(C)CC3CC(CO[C@H]3O[C@@H](CO)[C@@H](O)[C@@H](O)[C@@H]3O)=CC2C2C(C)(C)[C@@]21OC(C)=O. The topological polar surface area (TPSA) is 172 Å². The van der Waals surface area contributed by atoms with E-state index >= 15 is 0 Å². The van der Waals surface area contributed by atoms with Gasteiger partial charge in [0.1, 0.15) is 30.5 Å². The van der Waals surface area contributed by atoms with Crippen LogP contribution < -0.4 is 0 Å². The lowest BCUT2D eigenvalue weighted by atomic mass is 9.60. The molecule has 0 aromatic carbocycles. The Balaban J connectivity index is 1.47. The average molecular weight is 665 g/mol. The zero-order valence-electron chi connectivity index (χ0n) is 28.8. The third kappa shape index (κ3) is 6.23. The van der Waals surface area contributed by atoms with Crippen LogP contribution in [0.2, 0.25) is 0 Å². The summed E-state index contributed by atoms with van der Waals surface area (Å²) in [4.78, 5) is 26.0. The van der Waals surface area contributed by atoms with Crippen LogP contribution in [0.1, 0.15) is 92.9 Å². The van der Waals surface area contributed by atoms with E-state index in [-0.39, 0.29) is 36.8 Å². The second-order valence-electron chi connectivity index (χ2n) is 15.4. The van der Waals surface area contributed by atoms with Crippen LogP contribution >= 0.6 is 0 Å². The number of hydrogen-bond acceptors (Lipinski definition) is 11. The van der Waals surface area contributed by atoms with Crippen molar-refractivity contribution in [2.45, 2.75) is 141 Å². The van der Waals surface area contributed by atoms with Crippen molar-refractivity contribution in [3.05, 3.63) is 23.3 Å². The van der Waals surface area contributed by atoms with Gasteiger partial charge in [-0.1, -0.05) is 71.1 Å². The number of esters is 2. The third-order valence-electron chi connectivity index (χ3n) is 12.0. The van der Waals surface area contributed by atoms with Gasteiger partial charge in [-0.15, -0.1) is 0 Å². The van der Waals surface area contributed by atoms with Crippen LogP contribution in [0.4, 0.5) is 0 Å². The van der Waals surface area contributed by atoms with Crippen molar-refractivity contribution in [3.63, 3.8) is 0 Å². The van der Waals surface area contributed by atoms with Gasteiger partial charge in [0.25, 0.3) is 0 Å². The lowest BCUT2D eigenvalue weighted by Gasteiger charge is -2.52. The van der Waals surface area contributed by atoms with Crippen LogP contribution in [-0.2, 0) is 28.5 Å². The number of allylic oxidation sites excluding steroid dienone is 1. The molecule has 11 heteroatoms. The fourth-order valence-corrected chi connectivity index (χ4v) is 9.67. The summed E-state index contributed by atoms with van der Waals surface area (Å²) in [6, 6.07) is 0. The highest BCUT2D eigenvalue weighted by molar-refractivity contribution is 5.71. The van der Waals surface area contributed by atoms with E-state index in [1.165, 1.54) is 6.92 Å². The maximum Gasteiger partial charge on any atom is 0.306 e. The van der Waals surface area contributed by atoms with Gasteiger partial charge in [-0.2, -0.15) is 0 Å². The molecule has 5 aliphatic rings. The second kappa shape index (κ2) is 13.8. The van der Waals surface area contributed by atoms with Crippen molar-refractivity contribution in [3.8, 4) is 0 Å². The number of carbonyl (C=O) groups excluding carboxylic acids is 2. The monoisotopic (exact) mass is 664 g/mol. The van der Waals surface area contributed by atoms with Gasteiger partial charge in [-0.05, 0) is 37.7 Å². The van der Waals surface area contributed by atoms with Gasteiger partial charge in [0.15, 0.2) is 11.9 Å². The number of hydrogen-bond donors (Lipinski definition) is 5. The van der Waals surface area contributed by atoms with Crippen molar-refractivity contribution in [2.24, 2.45) is 35.0 Å². The maximum atomic E-state index is 13.3. The number of rotatable bonds is 12. The first-order valence-corrected chi connectivity index (χ1v) is 17.5. The van der Waals surface area contributed by atoms with Crippen LogP contribution in [0.5, 0.6) is 0 Å². The second-order valence-corrected chi connectivity index (χ2v) is 15.4. The summed E-state index contributed by atoms with van der Waals surface area (Å²) in [7, 11) is 0. The first-order valence-electron chi connectivity index (χ1n) is 17.5. The van der Waals surface area contributed by atoms with Crippen LogP contribution in [0, 0.1) is 35.0 Å². The summed E-state index contributed by atoms with van der Waals surface area (Å²) in [5.41, 5.74) is -1.09. The molecule has 1 saturated heterocycles. The molecule has 13 atom stereocenters. The van der Waals surface area contributed by atoms with Crippen molar-refractivity contribution in [1.29, 1.82) is 0 Å². The van der Waals surface area contributed by atoms with Gasteiger partial charge in [0.2, 0.25) is 0 Å². The van der Waals surface area contributed by atoms with Crippen molar-refractivity contribution >= 4 is 11.9 Å². The molecule has 266 valence electrons. The largest absolute Gasteiger partial charge is 0.458 e. The molecule has 4 aliphatic carbocycles. The molecular formula is C36H56O11. The number of carbonyl (C=O) groups is 2. The molecule has 1 heterocycles. The molecule has 0 amide bonds. The summed E-state index contributed by atoms with van der Waals surface area (Å²) >= 11 is 0. The van der Waals surface area contributed by atoms with E-state index < -0.39 is 77.8 Å². The molecule has 0 bridgehead atoms. The van der Waals surface area contributed by atoms with Crippen LogP contribution in [-0.4, -0.2) is 98.7 Å². The van der Waals surface area contributed by atoms with Gasteiger partial charge in [0.05, 0.1) is 18.8 Å². The summed E-state index contributed by atoms with van der Waals surface area (Å²) in [5.74, 6) is -2.48. The predicted molar refractivity (Wildman–Crippen MR) is 170 cm³/mol. The summed E-state index contributed by atoms with van der Waals surface area (Å²) in [6.45, 7) is 10.9. The van der Waals surface area contributed by atoms with E-state index in [0.717, 1.165) is 43.3 Å². The molecular weight excluding hydrogens is 608 g/mol. The minimum Gasteiger partial charge on any atom is -0.458 e. The van der Waals surface area contributed by atoms with E-state index in [1.54, 1.807) is 0 Å². The standard InChI is InChI=1S/C36H56O11/c1-7-8-9-10-11-12-27(39)46-32-20(3)35(43)24-14-19(2)13-23(24)15-22(16-25(35)31-34(5,6)36(31,32)47-21(4)38)18-44-33-30(42)29(41)28(40)26(17-37)45-33/h14,16,20,23-26,28-33,37,40-43H,7-13,15,17-18H2,1-6H3/t20-,23?,24?,25?,26+,28-,29-,30+,31?,32-,33+,35+,36-/m1/s1. The number of fused-ring (bicyclic) bond motifs is 5. The predicted octanol–water partition coefficient (Wildman–Crippen LogP) is 2.94. The zero-order valence-corrected chi connectivity index (χ0v) is 28.8. The van der Waals surface area contributed by atoms with Crippen LogP contribution in [0.15, 0.2) is 23.3 Å². The Hall–Kier alpha value is -1.86. The fourth-order valence-electron chi connectivity index (χ4n) is 9.67. The average Bonchev–Trinajstić information content (AvgIpc) is 3.29. The van der Waals surface area contributed by atoms with E-state index in [2.05, 4.69) is 19.9 Å². The normalized spacial score (nSPS) is 43.4. The minimum atomic E-state index is -1.56. The van der Waals surface area contributed by atoms with Crippen LogP contribution in [0.3, 0.4) is 0 Å². The number of ether oxygens (including phenoxy) is 4. The first kappa shape index (κ1) is 36.4. The van der Waals surface area contributed by atoms with E-state index in [1.807, 2.05) is 26.8 Å². The number of aliphatic hydroxyl groups is 5. The van der Waals surface area contributed by atoms with E-state index in [4.69, 9.17) is 18.9 Å². The van der Waals surface area contributed by atoms with Gasteiger partial charge in [-0.25, -0.2) is 0 Å². The Morgan fingerprint density at radius 3 is 2.36 bits per heavy atom. The third-order valence-corrected chi connectivity index (χ3v) is 12.0. The molecule has 47 heavy (non-hydrogen) atoms. The highest BCUT2D eigenvalue weighted by Crippen LogP contribution is 2.77. The Labute approximate surface area is 278 Å². The van der Waals surface area contributed by atoms with Gasteiger partial charge in [-0.3, -0.25) is 9.59 Å². The highest BCUT2D eigenvalue weighted by atomic mass is 16.7. The molecule has 0 aromatic heterocycles. The smallest absolute Gasteiger partial charge is 0.306 e. The molecule has 4 unspecified atom stereocenters. The van der Waals surface area contributed by atoms with Gasteiger partial charge >= 0.3 is 11.9 Å². The first-order chi connectivity index (χ1) is 22.1. The summed E-state index contributed by atoms with van der Waals surface area (Å²) < 4.78 is 24.1. The fraction of sp³-hybridized carbons (Fsp3) is 0.833. The lowest BCUT2D eigenvalue weighted by Crippen LogP contribution is -2.63. The quantitative estimate of drug-likeness (QED) is 0.118. The van der Waals surface area contributed by atoms with Crippen molar-refractivity contribution in [1.82, 2.24) is 0 Å². The zero-order chi connectivity index (χ0) is 34.5.